The highest BCUT2D eigenvalue weighted by Gasteiger charge is 2.11. The lowest BCUT2D eigenvalue weighted by Gasteiger charge is -2.14. The number of nitrogens with zero attached hydrogens (tertiary/aromatic N) is 2. The molecule has 1 N–H and O–H groups in total. The lowest BCUT2D eigenvalue weighted by molar-refractivity contribution is 0.545. The maximum Gasteiger partial charge on any atom is 0.0897 e. The van der Waals surface area contributed by atoms with Crippen LogP contribution in [0.3, 0.4) is 0 Å². The van der Waals surface area contributed by atoms with Gasteiger partial charge in [-0.05, 0) is 42.0 Å². The van der Waals surface area contributed by atoms with Crippen LogP contribution in [0.15, 0.2) is 28.2 Å². The molecule has 1 atom stereocenters. The van der Waals surface area contributed by atoms with Gasteiger partial charge in [0.25, 0.3) is 0 Å². The summed E-state index contributed by atoms with van der Waals surface area (Å²) in [7, 11) is 1.99. The monoisotopic (exact) mass is 325 g/mol. The Bertz CT molecular complexity index is 495. The predicted octanol–water partition coefficient (Wildman–Crippen LogP) is 2.98. The van der Waals surface area contributed by atoms with Gasteiger partial charge in [-0.15, -0.1) is 11.3 Å². The zero-order valence-corrected chi connectivity index (χ0v) is 12.9. The molecular formula is C13H16BrN3S. The van der Waals surface area contributed by atoms with Crippen molar-refractivity contribution in [2.24, 2.45) is 0 Å². The van der Waals surface area contributed by atoms with Gasteiger partial charge in [0.05, 0.1) is 10.7 Å². The van der Waals surface area contributed by atoms with Crippen LogP contribution in [0.4, 0.5) is 0 Å². The van der Waals surface area contributed by atoms with Gasteiger partial charge in [-0.1, -0.05) is 0 Å². The lowest BCUT2D eigenvalue weighted by atomic mass is 10.1. The molecule has 0 aromatic carbocycles. The third kappa shape index (κ3) is 3.86. The zero-order chi connectivity index (χ0) is 13.0. The number of aromatic nitrogens is 2. The SMILES string of the molecule is CNC(Cc1ccc(Br)cn1)Cc1csc(C)n1. The Kier molecular flexibility index (Phi) is 4.86. The molecule has 1 unspecified atom stereocenters. The van der Waals surface area contributed by atoms with Crippen LogP contribution in [0.25, 0.3) is 0 Å². The van der Waals surface area contributed by atoms with Gasteiger partial charge >= 0.3 is 0 Å². The van der Waals surface area contributed by atoms with Crippen LogP contribution in [-0.4, -0.2) is 23.1 Å². The first kappa shape index (κ1) is 13.6. The molecule has 0 saturated heterocycles. The lowest BCUT2D eigenvalue weighted by Crippen LogP contribution is -2.30. The molecular weight excluding hydrogens is 310 g/mol. The van der Waals surface area contributed by atoms with Gasteiger partial charge < -0.3 is 5.32 Å². The normalized spacial score (nSPS) is 12.6. The number of pyridine rings is 1. The molecule has 2 aromatic rings. The van der Waals surface area contributed by atoms with Crippen molar-refractivity contribution in [2.75, 3.05) is 7.05 Å². The summed E-state index contributed by atoms with van der Waals surface area (Å²) >= 11 is 5.10. The van der Waals surface area contributed by atoms with Crippen molar-refractivity contribution >= 4 is 27.3 Å². The first-order valence-corrected chi connectivity index (χ1v) is 7.53. The van der Waals surface area contributed by atoms with Crippen LogP contribution < -0.4 is 5.32 Å². The molecule has 3 nitrogen and oxygen atoms in total. The van der Waals surface area contributed by atoms with E-state index in [2.05, 4.69) is 42.7 Å². The maximum atomic E-state index is 4.50. The Labute approximate surface area is 120 Å². The summed E-state index contributed by atoms with van der Waals surface area (Å²) in [6.45, 7) is 2.04. The van der Waals surface area contributed by atoms with E-state index in [-0.39, 0.29) is 0 Å². The van der Waals surface area contributed by atoms with Crippen LogP contribution in [0.5, 0.6) is 0 Å². The molecule has 0 saturated carbocycles. The van der Waals surface area contributed by atoms with Crippen molar-refractivity contribution in [3.8, 4) is 0 Å². The Morgan fingerprint density at radius 3 is 2.67 bits per heavy atom. The Balaban J connectivity index is 1.99. The van der Waals surface area contributed by atoms with E-state index in [0.717, 1.165) is 33.7 Å². The molecule has 18 heavy (non-hydrogen) atoms. The van der Waals surface area contributed by atoms with E-state index in [1.54, 1.807) is 11.3 Å². The van der Waals surface area contributed by atoms with Crippen LogP contribution in [0.2, 0.25) is 0 Å². The highest BCUT2D eigenvalue weighted by molar-refractivity contribution is 9.10. The Morgan fingerprint density at radius 1 is 1.33 bits per heavy atom. The minimum absolute atomic E-state index is 0.375. The number of nitrogens with one attached hydrogen (secondary N) is 1. The molecule has 2 heterocycles. The molecule has 96 valence electrons. The van der Waals surface area contributed by atoms with Crippen LogP contribution >= 0.6 is 27.3 Å². The summed E-state index contributed by atoms with van der Waals surface area (Å²) < 4.78 is 1.02. The largest absolute Gasteiger partial charge is 0.316 e. The van der Waals surface area contributed by atoms with Gasteiger partial charge in [0.1, 0.15) is 0 Å². The van der Waals surface area contributed by atoms with E-state index in [1.165, 1.54) is 0 Å². The highest BCUT2D eigenvalue weighted by atomic mass is 79.9. The first-order valence-electron chi connectivity index (χ1n) is 5.86. The molecule has 2 aromatic heterocycles. The van der Waals surface area contributed by atoms with E-state index in [4.69, 9.17) is 0 Å². The zero-order valence-electron chi connectivity index (χ0n) is 10.5. The summed E-state index contributed by atoms with van der Waals surface area (Å²) in [5, 5.41) is 6.60. The van der Waals surface area contributed by atoms with Gasteiger partial charge in [-0.25, -0.2) is 4.98 Å². The number of aryl methyl sites for hydroxylation is 1. The van der Waals surface area contributed by atoms with Gasteiger partial charge in [-0.3, -0.25) is 4.98 Å². The molecule has 0 amide bonds. The molecule has 5 heteroatoms. The van der Waals surface area contributed by atoms with Crippen LogP contribution in [0, 0.1) is 6.92 Å². The summed E-state index contributed by atoms with van der Waals surface area (Å²) in [4.78, 5) is 8.91. The van der Waals surface area contributed by atoms with Gasteiger partial charge in [-0.2, -0.15) is 0 Å². The van der Waals surface area contributed by atoms with Crippen molar-refractivity contribution in [1.82, 2.24) is 15.3 Å². The third-order valence-corrected chi connectivity index (χ3v) is 4.07. The predicted molar refractivity (Wildman–Crippen MR) is 79.0 cm³/mol. The minimum Gasteiger partial charge on any atom is -0.316 e. The van der Waals surface area contributed by atoms with E-state index >= 15 is 0 Å². The van der Waals surface area contributed by atoms with Crippen LogP contribution in [0.1, 0.15) is 16.4 Å². The van der Waals surface area contributed by atoms with Crippen LogP contribution in [-0.2, 0) is 12.8 Å². The molecule has 0 fully saturated rings. The molecule has 0 spiro atoms. The number of halogens is 1. The smallest absolute Gasteiger partial charge is 0.0897 e. The summed E-state index contributed by atoms with van der Waals surface area (Å²) in [6, 6.07) is 4.46. The fourth-order valence-corrected chi connectivity index (χ4v) is 2.67. The number of likely N-dealkylation sites (N-methyl/N-ethyl adjacent to an activating group) is 1. The average Bonchev–Trinajstić information content (AvgIpc) is 2.77. The van der Waals surface area contributed by atoms with Crippen molar-refractivity contribution in [2.45, 2.75) is 25.8 Å². The number of hydrogen-bond acceptors (Lipinski definition) is 4. The van der Waals surface area contributed by atoms with Crippen molar-refractivity contribution in [3.63, 3.8) is 0 Å². The van der Waals surface area contributed by atoms with Crippen molar-refractivity contribution in [3.05, 3.63) is 44.6 Å². The Morgan fingerprint density at radius 2 is 2.11 bits per heavy atom. The quantitative estimate of drug-likeness (QED) is 0.918. The second kappa shape index (κ2) is 6.41. The van der Waals surface area contributed by atoms with Gasteiger partial charge in [0.2, 0.25) is 0 Å². The van der Waals surface area contributed by atoms with Crippen molar-refractivity contribution in [1.29, 1.82) is 0 Å². The van der Waals surface area contributed by atoms with Crippen molar-refractivity contribution < 1.29 is 0 Å². The number of thiazole rings is 1. The fraction of sp³-hybridized carbons (Fsp3) is 0.385. The molecule has 0 aliphatic rings. The second-order valence-corrected chi connectivity index (χ2v) is 6.20. The maximum absolute atomic E-state index is 4.50. The second-order valence-electron chi connectivity index (χ2n) is 4.22. The van der Waals surface area contributed by atoms with E-state index in [0.29, 0.717) is 6.04 Å². The highest BCUT2D eigenvalue weighted by Crippen LogP contribution is 2.13. The van der Waals surface area contributed by atoms with E-state index in [1.807, 2.05) is 26.2 Å². The standard InChI is InChI=1S/C13H16BrN3S/c1-9-17-13(8-18-9)6-12(15-2)5-11-4-3-10(14)7-16-11/h3-4,7-8,12,15H,5-6H2,1-2H3. The summed E-state index contributed by atoms with van der Waals surface area (Å²) in [6.07, 6.45) is 3.70. The molecule has 0 aliphatic carbocycles. The van der Waals surface area contributed by atoms with E-state index < -0.39 is 0 Å². The average molecular weight is 326 g/mol. The summed E-state index contributed by atoms with van der Waals surface area (Å²) in [5.74, 6) is 0. The molecule has 0 aliphatic heterocycles. The topological polar surface area (TPSA) is 37.8 Å². The minimum atomic E-state index is 0.375. The van der Waals surface area contributed by atoms with Gasteiger partial charge in [0.15, 0.2) is 0 Å². The van der Waals surface area contributed by atoms with Gasteiger partial charge in [0, 0.05) is 40.6 Å². The Hall–Kier alpha value is -0.780. The van der Waals surface area contributed by atoms with E-state index in [9.17, 15) is 0 Å². The number of hydrogen-bond donors (Lipinski definition) is 1. The number of rotatable bonds is 5. The molecule has 0 bridgehead atoms. The molecule has 2 rings (SSSR count). The molecule has 0 radical (unpaired) electrons. The first-order chi connectivity index (χ1) is 8.67. The third-order valence-electron chi connectivity index (χ3n) is 2.77. The summed E-state index contributed by atoms with van der Waals surface area (Å²) in [5.41, 5.74) is 2.26. The fourth-order valence-electron chi connectivity index (χ4n) is 1.81.